The van der Waals surface area contributed by atoms with Gasteiger partial charge in [-0.15, -0.1) is 0 Å². The SMILES string of the molecule is COc1cc(/C=C2\N=C(c3ccc(Cl)cc3)OC2=O)cc(Br)c1OCc1ccccc1F. The highest BCUT2D eigenvalue weighted by Crippen LogP contribution is 2.38. The van der Waals surface area contributed by atoms with Crippen molar-refractivity contribution in [3.63, 3.8) is 0 Å². The smallest absolute Gasteiger partial charge is 0.363 e. The van der Waals surface area contributed by atoms with Crippen molar-refractivity contribution < 1.29 is 23.4 Å². The average Bonchev–Trinajstić information content (AvgIpc) is 3.14. The lowest BCUT2D eigenvalue weighted by atomic mass is 10.1. The van der Waals surface area contributed by atoms with Gasteiger partial charge in [0, 0.05) is 16.1 Å². The molecule has 0 aliphatic carbocycles. The molecule has 3 aromatic rings. The maximum Gasteiger partial charge on any atom is 0.363 e. The summed E-state index contributed by atoms with van der Waals surface area (Å²) >= 11 is 9.36. The molecule has 0 aromatic heterocycles. The highest BCUT2D eigenvalue weighted by molar-refractivity contribution is 9.10. The molecule has 1 aliphatic rings. The van der Waals surface area contributed by atoms with Crippen molar-refractivity contribution in [1.82, 2.24) is 0 Å². The van der Waals surface area contributed by atoms with E-state index >= 15 is 0 Å². The number of hydrogen-bond acceptors (Lipinski definition) is 5. The van der Waals surface area contributed by atoms with Crippen molar-refractivity contribution >= 4 is 45.5 Å². The quantitative estimate of drug-likeness (QED) is 0.290. The van der Waals surface area contributed by atoms with Crippen molar-refractivity contribution in [1.29, 1.82) is 0 Å². The molecule has 0 spiro atoms. The number of ether oxygens (including phenoxy) is 3. The van der Waals surface area contributed by atoms with Gasteiger partial charge in [0.1, 0.15) is 12.4 Å². The number of carbonyl (C=O) groups excluding carboxylic acids is 1. The molecule has 0 saturated carbocycles. The van der Waals surface area contributed by atoms with Crippen molar-refractivity contribution in [3.05, 3.63) is 98.4 Å². The Hall–Kier alpha value is -3.16. The number of hydrogen-bond donors (Lipinski definition) is 0. The van der Waals surface area contributed by atoms with Crippen molar-refractivity contribution in [2.45, 2.75) is 6.61 Å². The molecule has 4 rings (SSSR count). The van der Waals surface area contributed by atoms with Crippen LogP contribution < -0.4 is 9.47 Å². The maximum atomic E-state index is 13.9. The van der Waals surface area contributed by atoms with E-state index in [0.29, 0.717) is 37.7 Å². The van der Waals surface area contributed by atoms with Gasteiger partial charge in [-0.1, -0.05) is 29.8 Å². The number of halogens is 3. The van der Waals surface area contributed by atoms with Gasteiger partial charge in [-0.3, -0.25) is 0 Å². The zero-order chi connectivity index (χ0) is 22.7. The molecule has 0 bridgehead atoms. The molecule has 0 radical (unpaired) electrons. The predicted octanol–water partition coefficient (Wildman–Crippen LogP) is 6.17. The number of cyclic esters (lactones) is 1. The standard InChI is InChI=1S/C24H16BrClFNO4/c1-30-21-12-14(10-18(25)22(21)31-13-16-4-2-3-5-19(16)27)11-20-24(29)32-23(28-20)15-6-8-17(26)9-7-15/h2-12H,13H2,1H3/b20-11-. The average molecular weight is 517 g/mol. The Morgan fingerprint density at radius 2 is 1.91 bits per heavy atom. The van der Waals surface area contributed by atoms with Crippen LogP contribution in [0.1, 0.15) is 16.7 Å². The second-order valence-corrected chi connectivity index (χ2v) is 8.05. The predicted molar refractivity (Wildman–Crippen MR) is 123 cm³/mol. The summed E-state index contributed by atoms with van der Waals surface area (Å²) < 4.78 is 31.0. The molecule has 0 N–H and O–H groups in total. The highest BCUT2D eigenvalue weighted by atomic mass is 79.9. The van der Waals surface area contributed by atoms with E-state index in [4.69, 9.17) is 25.8 Å². The molecule has 0 atom stereocenters. The Morgan fingerprint density at radius 1 is 1.16 bits per heavy atom. The molecular weight excluding hydrogens is 501 g/mol. The molecule has 1 heterocycles. The highest BCUT2D eigenvalue weighted by Gasteiger charge is 2.24. The van der Waals surface area contributed by atoms with E-state index in [0.717, 1.165) is 0 Å². The normalized spacial score (nSPS) is 14.3. The van der Waals surface area contributed by atoms with Gasteiger partial charge in [-0.25, -0.2) is 14.2 Å². The Morgan fingerprint density at radius 3 is 2.62 bits per heavy atom. The van der Waals surface area contributed by atoms with Crippen LogP contribution in [0.3, 0.4) is 0 Å². The second kappa shape index (κ2) is 9.54. The summed E-state index contributed by atoms with van der Waals surface area (Å²) in [5, 5.41) is 0.573. The molecule has 3 aromatic carbocycles. The van der Waals surface area contributed by atoms with Crippen LogP contribution in [0.2, 0.25) is 5.02 Å². The summed E-state index contributed by atoms with van der Waals surface area (Å²) in [5.74, 6) is 0.116. The van der Waals surface area contributed by atoms with Gasteiger partial charge in [0.25, 0.3) is 0 Å². The molecule has 0 fully saturated rings. The summed E-state index contributed by atoms with van der Waals surface area (Å²) in [6.07, 6.45) is 1.58. The first-order valence-electron chi connectivity index (χ1n) is 9.47. The Bertz CT molecular complexity index is 1240. The van der Waals surface area contributed by atoms with Crippen LogP contribution in [-0.4, -0.2) is 19.0 Å². The van der Waals surface area contributed by atoms with E-state index < -0.39 is 5.97 Å². The van der Waals surface area contributed by atoms with Crippen LogP contribution >= 0.6 is 27.5 Å². The van der Waals surface area contributed by atoms with Crippen LogP contribution in [-0.2, 0) is 16.1 Å². The fourth-order valence-electron chi connectivity index (χ4n) is 3.01. The molecule has 0 saturated heterocycles. The number of esters is 1. The minimum atomic E-state index is -0.565. The molecule has 0 amide bonds. The number of methoxy groups -OCH3 is 1. The Balaban J connectivity index is 1.59. The maximum absolute atomic E-state index is 13.9. The monoisotopic (exact) mass is 515 g/mol. The van der Waals surface area contributed by atoms with Gasteiger partial charge in [0.15, 0.2) is 17.2 Å². The molecular formula is C24H16BrClFNO4. The summed E-state index contributed by atoms with van der Waals surface area (Å²) in [6.45, 7) is 0.0309. The first kappa shape index (κ1) is 22.0. The summed E-state index contributed by atoms with van der Waals surface area (Å²) in [7, 11) is 1.50. The number of carbonyl (C=O) groups is 1. The van der Waals surface area contributed by atoms with E-state index in [-0.39, 0.29) is 24.0 Å². The first-order valence-corrected chi connectivity index (χ1v) is 10.6. The molecule has 162 valence electrons. The van der Waals surface area contributed by atoms with Gasteiger partial charge < -0.3 is 14.2 Å². The van der Waals surface area contributed by atoms with Gasteiger partial charge >= 0.3 is 5.97 Å². The fourth-order valence-corrected chi connectivity index (χ4v) is 3.71. The first-order chi connectivity index (χ1) is 15.4. The van der Waals surface area contributed by atoms with Crippen molar-refractivity contribution in [2.24, 2.45) is 4.99 Å². The number of nitrogens with zero attached hydrogens (tertiary/aromatic N) is 1. The molecule has 0 unspecified atom stereocenters. The van der Waals surface area contributed by atoms with Gasteiger partial charge in [0.2, 0.25) is 5.90 Å². The largest absolute Gasteiger partial charge is 0.493 e. The van der Waals surface area contributed by atoms with Crippen LogP contribution in [0.5, 0.6) is 11.5 Å². The van der Waals surface area contributed by atoms with E-state index in [1.807, 2.05) is 0 Å². The van der Waals surface area contributed by atoms with Crippen LogP contribution in [0.15, 0.2) is 75.8 Å². The third-order valence-corrected chi connectivity index (χ3v) is 5.44. The molecule has 32 heavy (non-hydrogen) atoms. The summed E-state index contributed by atoms with van der Waals surface area (Å²) in [4.78, 5) is 16.6. The summed E-state index contributed by atoms with van der Waals surface area (Å²) in [5.41, 5.74) is 1.84. The zero-order valence-electron chi connectivity index (χ0n) is 16.8. The van der Waals surface area contributed by atoms with Gasteiger partial charge in [0.05, 0.1) is 11.6 Å². The minimum absolute atomic E-state index is 0.0309. The van der Waals surface area contributed by atoms with E-state index in [2.05, 4.69) is 20.9 Å². The zero-order valence-corrected chi connectivity index (χ0v) is 19.1. The molecule has 8 heteroatoms. The second-order valence-electron chi connectivity index (χ2n) is 6.76. The summed E-state index contributed by atoms with van der Waals surface area (Å²) in [6, 6.07) is 16.6. The van der Waals surface area contributed by atoms with Crippen LogP contribution in [0.4, 0.5) is 4.39 Å². The number of aliphatic imine (C=N–C) groups is 1. The minimum Gasteiger partial charge on any atom is -0.493 e. The van der Waals surface area contributed by atoms with Crippen molar-refractivity contribution in [2.75, 3.05) is 7.11 Å². The lowest BCUT2D eigenvalue weighted by Crippen LogP contribution is -2.05. The number of rotatable bonds is 6. The van der Waals surface area contributed by atoms with Crippen LogP contribution in [0.25, 0.3) is 6.08 Å². The molecule has 5 nitrogen and oxygen atoms in total. The number of benzene rings is 3. The van der Waals surface area contributed by atoms with Gasteiger partial charge in [-0.2, -0.15) is 0 Å². The fraction of sp³-hybridized carbons (Fsp3) is 0.0833. The Labute approximate surface area is 197 Å². The third kappa shape index (κ3) is 4.84. The van der Waals surface area contributed by atoms with Crippen molar-refractivity contribution in [3.8, 4) is 11.5 Å². The Kier molecular flexibility index (Phi) is 6.58. The van der Waals surface area contributed by atoms with E-state index in [9.17, 15) is 9.18 Å². The topological polar surface area (TPSA) is 57.1 Å². The van der Waals surface area contributed by atoms with Gasteiger partial charge in [-0.05, 0) is 70.0 Å². The van der Waals surface area contributed by atoms with E-state index in [1.54, 1.807) is 60.7 Å². The third-order valence-electron chi connectivity index (χ3n) is 4.60. The van der Waals surface area contributed by atoms with Crippen LogP contribution in [0, 0.1) is 5.82 Å². The molecule has 1 aliphatic heterocycles. The lowest BCUT2D eigenvalue weighted by Gasteiger charge is -2.14. The van der Waals surface area contributed by atoms with E-state index in [1.165, 1.54) is 13.2 Å². The lowest BCUT2D eigenvalue weighted by molar-refractivity contribution is -0.129.